The van der Waals surface area contributed by atoms with E-state index in [2.05, 4.69) is 16.8 Å². The molecule has 1 fully saturated rings. The van der Waals surface area contributed by atoms with E-state index in [1.165, 1.54) is 11.8 Å². The summed E-state index contributed by atoms with van der Waals surface area (Å²) < 4.78 is 11.3. The summed E-state index contributed by atoms with van der Waals surface area (Å²) in [6.07, 6.45) is 3.16. The molecule has 2 atom stereocenters. The van der Waals surface area contributed by atoms with Crippen LogP contribution in [0.3, 0.4) is 0 Å². The SMILES string of the molecule is CCCOc1ccc(/C=C2\SC(N3C[C@H](C)O[C@@H](C)C3)=NC2=O)cc1. The lowest BCUT2D eigenvalue weighted by atomic mass is 10.2. The van der Waals surface area contributed by atoms with Crippen molar-refractivity contribution in [1.82, 2.24) is 4.90 Å². The third-order valence-electron chi connectivity index (χ3n) is 3.95. The van der Waals surface area contributed by atoms with Gasteiger partial charge in [0.2, 0.25) is 0 Å². The highest BCUT2D eigenvalue weighted by Crippen LogP contribution is 2.31. The summed E-state index contributed by atoms with van der Waals surface area (Å²) in [5.74, 6) is 0.681. The Morgan fingerprint density at radius 1 is 1.28 bits per heavy atom. The van der Waals surface area contributed by atoms with Crippen LogP contribution in [-0.2, 0) is 9.53 Å². The number of benzene rings is 1. The van der Waals surface area contributed by atoms with E-state index in [9.17, 15) is 4.79 Å². The first kappa shape index (κ1) is 18.0. The molecule has 0 bridgehead atoms. The van der Waals surface area contributed by atoms with Crippen molar-refractivity contribution in [2.24, 2.45) is 4.99 Å². The summed E-state index contributed by atoms with van der Waals surface area (Å²) in [4.78, 5) is 19.3. The summed E-state index contributed by atoms with van der Waals surface area (Å²) >= 11 is 1.44. The van der Waals surface area contributed by atoms with Gasteiger partial charge >= 0.3 is 0 Å². The number of aliphatic imine (C=N–C) groups is 1. The van der Waals surface area contributed by atoms with Gasteiger partial charge in [0, 0.05) is 13.1 Å². The van der Waals surface area contributed by atoms with Gasteiger partial charge in [-0.15, -0.1) is 0 Å². The summed E-state index contributed by atoms with van der Waals surface area (Å²) in [6, 6.07) is 7.78. The van der Waals surface area contributed by atoms with Crippen molar-refractivity contribution in [3.63, 3.8) is 0 Å². The van der Waals surface area contributed by atoms with Gasteiger partial charge in [0.05, 0.1) is 23.7 Å². The van der Waals surface area contributed by atoms with Gasteiger partial charge in [0.1, 0.15) is 5.75 Å². The predicted octanol–water partition coefficient (Wildman–Crippen LogP) is 3.55. The smallest absolute Gasteiger partial charge is 0.286 e. The molecule has 1 saturated heterocycles. The fourth-order valence-corrected chi connectivity index (χ4v) is 3.83. The first-order valence-electron chi connectivity index (χ1n) is 8.71. The lowest BCUT2D eigenvalue weighted by Gasteiger charge is -2.35. The first-order chi connectivity index (χ1) is 12.0. The number of nitrogens with zero attached hydrogens (tertiary/aromatic N) is 2. The molecule has 0 unspecified atom stereocenters. The number of carbonyl (C=O) groups excluding carboxylic acids is 1. The van der Waals surface area contributed by atoms with Gasteiger partial charge in [-0.3, -0.25) is 4.79 Å². The molecule has 2 heterocycles. The maximum Gasteiger partial charge on any atom is 0.286 e. The van der Waals surface area contributed by atoms with Gasteiger partial charge in [-0.25, -0.2) is 0 Å². The number of morpholine rings is 1. The minimum Gasteiger partial charge on any atom is -0.494 e. The lowest BCUT2D eigenvalue weighted by molar-refractivity contribution is -0.113. The molecule has 2 aliphatic rings. The fraction of sp³-hybridized carbons (Fsp3) is 0.474. The molecule has 1 amide bonds. The minimum absolute atomic E-state index is 0.144. The largest absolute Gasteiger partial charge is 0.494 e. The van der Waals surface area contributed by atoms with Crippen LogP contribution < -0.4 is 4.74 Å². The Kier molecular flexibility index (Phi) is 5.81. The Bertz CT molecular complexity index is 674. The van der Waals surface area contributed by atoms with E-state index >= 15 is 0 Å². The van der Waals surface area contributed by atoms with Gasteiger partial charge in [-0.05, 0) is 55.8 Å². The maximum absolute atomic E-state index is 12.2. The highest BCUT2D eigenvalue weighted by molar-refractivity contribution is 8.18. The average molecular weight is 360 g/mol. The molecule has 1 aromatic carbocycles. The van der Waals surface area contributed by atoms with E-state index in [-0.39, 0.29) is 18.1 Å². The fourth-order valence-electron chi connectivity index (χ4n) is 2.90. The van der Waals surface area contributed by atoms with E-state index in [0.29, 0.717) is 11.5 Å². The van der Waals surface area contributed by atoms with E-state index in [1.807, 2.05) is 44.2 Å². The summed E-state index contributed by atoms with van der Waals surface area (Å²) in [5.41, 5.74) is 0.972. The van der Waals surface area contributed by atoms with Crippen molar-refractivity contribution in [2.45, 2.75) is 39.4 Å². The van der Waals surface area contributed by atoms with Crippen LogP contribution >= 0.6 is 11.8 Å². The zero-order valence-electron chi connectivity index (χ0n) is 14.9. The Labute approximate surface area is 153 Å². The Morgan fingerprint density at radius 3 is 2.60 bits per heavy atom. The van der Waals surface area contributed by atoms with Crippen molar-refractivity contribution in [3.8, 4) is 5.75 Å². The number of hydrogen-bond donors (Lipinski definition) is 0. The molecule has 2 aliphatic heterocycles. The average Bonchev–Trinajstić information content (AvgIpc) is 2.94. The number of hydrogen-bond acceptors (Lipinski definition) is 5. The second kappa shape index (κ2) is 8.06. The standard InChI is InChI=1S/C19H24N2O3S/c1-4-9-23-16-7-5-15(6-8-16)10-17-18(22)20-19(25-17)21-11-13(2)24-14(3)12-21/h5-8,10,13-14H,4,9,11-12H2,1-3H3/b17-10-/t13-,14-/m0/s1. The van der Waals surface area contributed by atoms with Gasteiger partial charge in [-0.2, -0.15) is 4.99 Å². The monoisotopic (exact) mass is 360 g/mol. The normalized spacial score (nSPS) is 25.4. The van der Waals surface area contributed by atoms with E-state index in [0.717, 1.165) is 36.0 Å². The molecule has 0 aromatic heterocycles. The van der Waals surface area contributed by atoms with Crippen LogP contribution in [0.5, 0.6) is 5.75 Å². The maximum atomic E-state index is 12.2. The third-order valence-corrected chi connectivity index (χ3v) is 4.99. The van der Waals surface area contributed by atoms with Crippen molar-refractivity contribution < 1.29 is 14.3 Å². The highest BCUT2D eigenvalue weighted by Gasteiger charge is 2.30. The first-order valence-corrected chi connectivity index (χ1v) is 9.52. The number of amides is 1. The summed E-state index contributed by atoms with van der Waals surface area (Å²) in [5, 5.41) is 0.779. The van der Waals surface area contributed by atoms with Crippen LogP contribution in [0, 0.1) is 0 Å². The Balaban J connectivity index is 1.66. The van der Waals surface area contributed by atoms with Crippen LogP contribution in [-0.4, -0.2) is 47.9 Å². The quantitative estimate of drug-likeness (QED) is 0.769. The summed E-state index contributed by atoms with van der Waals surface area (Å²) in [7, 11) is 0. The molecular weight excluding hydrogens is 336 g/mol. The topological polar surface area (TPSA) is 51.1 Å². The van der Waals surface area contributed by atoms with E-state index < -0.39 is 0 Å². The van der Waals surface area contributed by atoms with Crippen LogP contribution in [0.1, 0.15) is 32.8 Å². The van der Waals surface area contributed by atoms with Crippen LogP contribution in [0.4, 0.5) is 0 Å². The molecule has 5 nitrogen and oxygen atoms in total. The Morgan fingerprint density at radius 2 is 1.96 bits per heavy atom. The molecule has 0 radical (unpaired) electrons. The van der Waals surface area contributed by atoms with Crippen LogP contribution in [0.2, 0.25) is 0 Å². The number of thioether (sulfide) groups is 1. The molecule has 134 valence electrons. The summed E-state index contributed by atoms with van der Waals surface area (Å²) in [6.45, 7) is 8.41. The minimum atomic E-state index is -0.168. The van der Waals surface area contributed by atoms with Crippen LogP contribution in [0.15, 0.2) is 34.2 Å². The molecule has 0 spiro atoms. The molecule has 1 aromatic rings. The van der Waals surface area contributed by atoms with Crippen LogP contribution in [0.25, 0.3) is 6.08 Å². The third kappa shape index (κ3) is 4.64. The zero-order valence-corrected chi connectivity index (χ0v) is 15.7. The molecule has 0 saturated carbocycles. The van der Waals surface area contributed by atoms with Gasteiger partial charge < -0.3 is 14.4 Å². The van der Waals surface area contributed by atoms with Gasteiger partial charge in [0.25, 0.3) is 5.91 Å². The van der Waals surface area contributed by atoms with Crippen molar-refractivity contribution >= 4 is 28.9 Å². The molecule has 0 aliphatic carbocycles. The predicted molar refractivity (Wildman–Crippen MR) is 102 cm³/mol. The highest BCUT2D eigenvalue weighted by atomic mass is 32.2. The number of amidine groups is 1. The lowest BCUT2D eigenvalue weighted by Crippen LogP contribution is -2.47. The van der Waals surface area contributed by atoms with Crippen molar-refractivity contribution in [2.75, 3.05) is 19.7 Å². The molecule has 3 rings (SSSR count). The second-order valence-electron chi connectivity index (χ2n) is 6.39. The van der Waals surface area contributed by atoms with E-state index in [1.54, 1.807) is 0 Å². The van der Waals surface area contributed by atoms with Gasteiger partial charge in [0.15, 0.2) is 5.17 Å². The van der Waals surface area contributed by atoms with Crippen molar-refractivity contribution in [1.29, 1.82) is 0 Å². The number of carbonyl (C=O) groups is 1. The van der Waals surface area contributed by atoms with Gasteiger partial charge in [-0.1, -0.05) is 19.1 Å². The second-order valence-corrected chi connectivity index (χ2v) is 7.40. The molecule has 6 heteroatoms. The van der Waals surface area contributed by atoms with E-state index in [4.69, 9.17) is 9.47 Å². The zero-order chi connectivity index (χ0) is 17.8. The molecular formula is C19H24N2O3S. The molecule has 25 heavy (non-hydrogen) atoms. The molecule has 0 N–H and O–H groups in total. The number of rotatable bonds is 4. The van der Waals surface area contributed by atoms with Crippen molar-refractivity contribution in [3.05, 3.63) is 34.7 Å². The number of ether oxygens (including phenoxy) is 2. The Hall–Kier alpha value is -1.79.